The van der Waals surface area contributed by atoms with Gasteiger partial charge in [0.25, 0.3) is 0 Å². The fourth-order valence-electron chi connectivity index (χ4n) is 4.70. The molecule has 0 bridgehead atoms. The molecule has 0 unspecified atom stereocenters. The molecule has 4 atom stereocenters. The molecule has 2 fully saturated rings. The van der Waals surface area contributed by atoms with E-state index in [0.29, 0.717) is 11.8 Å². The van der Waals surface area contributed by atoms with Crippen LogP contribution in [0.4, 0.5) is 0 Å². The van der Waals surface area contributed by atoms with Crippen molar-refractivity contribution in [1.82, 2.24) is 24.6 Å². The average Bonchev–Trinajstić information content (AvgIpc) is 3.30. The topological polar surface area (TPSA) is 67.1 Å². The van der Waals surface area contributed by atoms with E-state index in [9.17, 15) is 5.11 Å². The van der Waals surface area contributed by atoms with Gasteiger partial charge in [0, 0.05) is 32.0 Å². The highest BCUT2D eigenvalue weighted by Gasteiger charge is 2.42. The Morgan fingerprint density at radius 3 is 2.65 bits per heavy atom. The Bertz CT molecular complexity index is 896. The van der Waals surface area contributed by atoms with Crippen molar-refractivity contribution in [3.05, 3.63) is 54.6 Å². The van der Waals surface area contributed by atoms with E-state index in [0.717, 1.165) is 49.2 Å². The number of rotatable bonds is 3. The maximum absolute atomic E-state index is 10.6. The van der Waals surface area contributed by atoms with Crippen molar-refractivity contribution in [3.63, 3.8) is 0 Å². The molecule has 26 heavy (non-hydrogen) atoms. The first-order valence-electron chi connectivity index (χ1n) is 9.36. The molecule has 2 aliphatic rings. The van der Waals surface area contributed by atoms with Gasteiger partial charge in [0.1, 0.15) is 0 Å². The Balaban J connectivity index is 1.29. The summed E-state index contributed by atoms with van der Waals surface area (Å²) in [6.07, 6.45) is 7.19. The van der Waals surface area contributed by atoms with E-state index in [1.807, 2.05) is 47.4 Å². The highest BCUT2D eigenvalue weighted by Crippen LogP contribution is 2.41. The zero-order valence-corrected chi connectivity index (χ0v) is 14.6. The molecular formula is C20H23N5O. The molecular weight excluding hydrogens is 326 g/mol. The van der Waals surface area contributed by atoms with E-state index >= 15 is 0 Å². The molecule has 1 aliphatic carbocycles. The number of likely N-dealkylation sites (tertiary alicyclic amines) is 1. The molecule has 1 aromatic carbocycles. The van der Waals surface area contributed by atoms with E-state index < -0.39 is 0 Å². The maximum Gasteiger partial charge on any atom is 0.0890 e. The predicted octanol–water partition coefficient (Wildman–Crippen LogP) is 2.27. The minimum absolute atomic E-state index is 0.103. The number of nitrogens with zero attached hydrogens (tertiary/aromatic N) is 5. The summed E-state index contributed by atoms with van der Waals surface area (Å²) in [6.45, 7) is 2.92. The van der Waals surface area contributed by atoms with Crippen LogP contribution in [0.25, 0.3) is 11.0 Å². The summed E-state index contributed by atoms with van der Waals surface area (Å²) in [6, 6.07) is 10.0. The van der Waals surface area contributed by atoms with Gasteiger partial charge in [-0.1, -0.05) is 12.1 Å². The Hall–Kier alpha value is -2.31. The summed E-state index contributed by atoms with van der Waals surface area (Å²) in [7, 11) is 0. The van der Waals surface area contributed by atoms with Crippen molar-refractivity contribution in [2.24, 2.45) is 11.8 Å². The highest BCUT2D eigenvalue weighted by atomic mass is 16.3. The van der Waals surface area contributed by atoms with Gasteiger partial charge in [-0.25, -0.2) is 4.98 Å². The molecule has 3 aromatic rings. The number of aliphatic hydroxyl groups is 1. The van der Waals surface area contributed by atoms with Gasteiger partial charge in [-0.15, -0.1) is 0 Å². The van der Waals surface area contributed by atoms with E-state index in [1.54, 1.807) is 6.20 Å². The van der Waals surface area contributed by atoms with Crippen LogP contribution in [0.5, 0.6) is 0 Å². The van der Waals surface area contributed by atoms with Gasteiger partial charge >= 0.3 is 0 Å². The van der Waals surface area contributed by atoms with Crippen LogP contribution < -0.4 is 0 Å². The van der Waals surface area contributed by atoms with Gasteiger partial charge < -0.3 is 5.11 Å². The van der Waals surface area contributed by atoms with Gasteiger partial charge in [-0.3, -0.25) is 14.6 Å². The SMILES string of the molecule is O[C@@H]1C[C@H]2CN(Cc3cnc4ccccc4n3)C[C@H]2C[C@H]1n1cccn1. The van der Waals surface area contributed by atoms with Crippen LogP contribution >= 0.6 is 0 Å². The Kier molecular flexibility index (Phi) is 3.94. The third-order valence-electron chi connectivity index (χ3n) is 5.93. The van der Waals surface area contributed by atoms with E-state index in [2.05, 4.69) is 15.0 Å². The second kappa shape index (κ2) is 6.45. The van der Waals surface area contributed by atoms with Crippen molar-refractivity contribution in [1.29, 1.82) is 0 Å². The molecule has 1 saturated heterocycles. The van der Waals surface area contributed by atoms with Gasteiger partial charge in [-0.2, -0.15) is 5.10 Å². The van der Waals surface area contributed by atoms with Gasteiger partial charge in [-0.05, 0) is 42.9 Å². The number of benzene rings is 1. The lowest BCUT2D eigenvalue weighted by molar-refractivity contribution is 0.0306. The van der Waals surface area contributed by atoms with Crippen molar-refractivity contribution >= 4 is 11.0 Å². The molecule has 1 N–H and O–H groups in total. The number of hydrogen-bond donors (Lipinski definition) is 1. The highest BCUT2D eigenvalue weighted by molar-refractivity contribution is 5.73. The molecule has 5 rings (SSSR count). The van der Waals surface area contributed by atoms with E-state index in [4.69, 9.17) is 4.98 Å². The second-order valence-corrected chi connectivity index (χ2v) is 7.66. The third-order valence-corrected chi connectivity index (χ3v) is 5.93. The normalized spacial score (nSPS) is 29.1. The lowest BCUT2D eigenvalue weighted by Gasteiger charge is -2.35. The number of hydrogen-bond acceptors (Lipinski definition) is 5. The zero-order valence-electron chi connectivity index (χ0n) is 14.6. The zero-order chi connectivity index (χ0) is 17.5. The molecule has 6 nitrogen and oxygen atoms in total. The molecule has 0 spiro atoms. The summed E-state index contributed by atoms with van der Waals surface area (Å²) in [4.78, 5) is 11.8. The van der Waals surface area contributed by atoms with Crippen LogP contribution in [0.1, 0.15) is 24.6 Å². The van der Waals surface area contributed by atoms with Gasteiger partial charge in [0.2, 0.25) is 0 Å². The Morgan fingerprint density at radius 2 is 1.85 bits per heavy atom. The molecule has 134 valence electrons. The Morgan fingerprint density at radius 1 is 1.04 bits per heavy atom. The van der Waals surface area contributed by atoms with Crippen LogP contribution in [-0.2, 0) is 6.54 Å². The molecule has 0 radical (unpaired) electrons. The smallest absolute Gasteiger partial charge is 0.0890 e. The first-order valence-corrected chi connectivity index (χ1v) is 9.36. The van der Waals surface area contributed by atoms with Crippen LogP contribution in [-0.4, -0.2) is 48.9 Å². The lowest BCUT2D eigenvalue weighted by atomic mass is 9.77. The molecule has 1 saturated carbocycles. The number of aromatic nitrogens is 4. The van der Waals surface area contributed by atoms with Gasteiger partial charge in [0.15, 0.2) is 0 Å². The minimum atomic E-state index is -0.309. The first-order chi connectivity index (χ1) is 12.8. The molecule has 0 amide bonds. The minimum Gasteiger partial charge on any atom is -0.391 e. The van der Waals surface area contributed by atoms with Gasteiger partial charge in [0.05, 0.1) is 35.1 Å². The van der Waals surface area contributed by atoms with Crippen molar-refractivity contribution in [2.75, 3.05) is 13.1 Å². The number of fused-ring (bicyclic) bond motifs is 2. The van der Waals surface area contributed by atoms with Crippen LogP contribution in [0.2, 0.25) is 0 Å². The predicted molar refractivity (Wildman–Crippen MR) is 98.3 cm³/mol. The van der Waals surface area contributed by atoms with Crippen molar-refractivity contribution in [3.8, 4) is 0 Å². The first kappa shape index (κ1) is 15.9. The number of aliphatic hydroxyl groups excluding tert-OH is 1. The van der Waals surface area contributed by atoms with Crippen LogP contribution in [0, 0.1) is 11.8 Å². The fourth-order valence-corrected chi connectivity index (χ4v) is 4.70. The quantitative estimate of drug-likeness (QED) is 0.786. The van der Waals surface area contributed by atoms with E-state index in [1.165, 1.54) is 0 Å². The Labute approximate surface area is 152 Å². The molecule has 6 heteroatoms. The molecule has 2 aromatic heterocycles. The van der Waals surface area contributed by atoms with Crippen LogP contribution in [0.15, 0.2) is 48.9 Å². The summed E-state index contributed by atoms with van der Waals surface area (Å²) in [5, 5.41) is 14.9. The maximum atomic E-state index is 10.6. The summed E-state index contributed by atoms with van der Waals surface area (Å²) in [5.74, 6) is 1.17. The monoisotopic (exact) mass is 349 g/mol. The summed E-state index contributed by atoms with van der Waals surface area (Å²) < 4.78 is 1.93. The van der Waals surface area contributed by atoms with E-state index in [-0.39, 0.29) is 12.1 Å². The number of para-hydroxylation sites is 2. The second-order valence-electron chi connectivity index (χ2n) is 7.66. The lowest BCUT2D eigenvalue weighted by Crippen LogP contribution is -2.36. The largest absolute Gasteiger partial charge is 0.391 e. The fraction of sp³-hybridized carbons (Fsp3) is 0.450. The van der Waals surface area contributed by atoms with Crippen molar-refractivity contribution in [2.45, 2.75) is 31.5 Å². The standard InChI is InChI=1S/C20H23N5O/c26-20-9-15-12-24(11-14(15)8-19(20)25-7-3-6-22-25)13-16-10-21-17-4-1-2-5-18(17)23-16/h1-7,10,14-15,19-20,26H,8-9,11-13H2/t14-,15+,19-,20-/m1/s1. The third kappa shape index (κ3) is 2.89. The molecule has 3 heterocycles. The summed E-state index contributed by atoms with van der Waals surface area (Å²) >= 11 is 0. The summed E-state index contributed by atoms with van der Waals surface area (Å²) in [5.41, 5.74) is 2.92. The average molecular weight is 349 g/mol. The van der Waals surface area contributed by atoms with Crippen molar-refractivity contribution < 1.29 is 5.11 Å². The molecule has 1 aliphatic heterocycles. The van der Waals surface area contributed by atoms with Crippen LogP contribution in [0.3, 0.4) is 0 Å².